The summed E-state index contributed by atoms with van der Waals surface area (Å²) in [4.78, 5) is 17.3. The Kier molecular flexibility index (Phi) is 7.31. The number of methoxy groups -OCH3 is 1. The van der Waals surface area contributed by atoms with E-state index in [4.69, 9.17) is 21.0 Å². The van der Waals surface area contributed by atoms with E-state index in [-0.39, 0.29) is 29.6 Å². The van der Waals surface area contributed by atoms with Crippen LogP contribution < -0.4 is 11.5 Å². The summed E-state index contributed by atoms with van der Waals surface area (Å²) in [5, 5.41) is 9.31. The van der Waals surface area contributed by atoms with Crippen LogP contribution >= 0.6 is 11.8 Å². The van der Waals surface area contributed by atoms with Crippen molar-refractivity contribution >= 4 is 28.7 Å². The summed E-state index contributed by atoms with van der Waals surface area (Å²) in [6.07, 6.45) is -0.650. The van der Waals surface area contributed by atoms with E-state index in [1.165, 1.54) is 12.1 Å². The molecule has 11 heteroatoms. The first-order valence-electron chi connectivity index (χ1n) is 9.65. The maximum Gasteiger partial charge on any atom is 0.273 e. The van der Waals surface area contributed by atoms with Gasteiger partial charge >= 0.3 is 0 Å². The third-order valence-electron chi connectivity index (χ3n) is 4.79. The largest absolute Gasteiger partial charge is 0.393 e. The lowest BCUT2D eigenvalue weighted by Crippen LogP contribution is -2.46. The van der Waals surface area contributed by atoms with Crippen LogP contribution in [0.15, 0.2) is 58.8 Å². The minimum atomic E-state index is -1.14. The van der Waals surface area contributed by atoms with Gasteiger partial charge in [0.25, 0.3) is 5.91 Å². The third-order valence-corrected chi connectivity index (χ3v) is 6.24. The lowest BCUT2D eigenvalue weighted by atomic mass is 10.0. The number of benzene rings is 2. The molecule has 1 amide bonds. The molecule has 4 N–H and O–H groups in total. The van der Waals surface area contributed by atoms with Gasteiger partial charge in [-0.05, 0) is 35.8 Å². The van der Waals surface area contributed by atoms with Gasteiger partial charge in [0, 0.05) is 19.1 Å². The Morgan fingerprint density at radius 1 is 1.25 bits per heavy atom. The molecule has 1 aliphatic rings. The number of rotatable bonds is 8. The van der Waals surface area contributed by atoms with Gasteiger partial charge < -0.3 is 21.0 Å². The number of hydrazone groups is 1. The molecule has 0 fully saturated rings. The molecular weight excluding hydrogens is 440 g/mol. The van der Waals surface area contributed by atoms with E-state index in [2.05, 4.69) is 10.3 Å². The highest BCUT2D eigenvalue weighted by Crippen LogP contribution is 2.50. The predicted molar refractivity (Wildman–Crippen MR) is 118 cm³/mol. The van der Waals surface area contributed by atoms with Crippen LogP contribution in [0.25, 0.3) is 0 Å². The van der Waals surface area contributed by atoms with Gasteiger partial charge in [-0.3, -0.25) is 4.79 Å². The fraction of sp³-hybridized carbons (Fsp3) is 0.286. The van der Waals surface area contributed by atoms with Crippen molar-refractivity contribution in [1.29, 1.82) is 0 Å². The number of nitrogens with zero attached hydrogens (tertiary/aromatic N) is 3. The molecule has 1 aliphatic heterocycles. The number of thioether (sulfide) groups is 1. The van der Waals surface area contributed by atoms with Crippen LogP contribution in [0.3, 0.4) is 0 Å². The Labute approximate surface area is 188 Å². The zero-order chi connectivity index (χ0) is 23.3. The molecule has 1 heterocycles. The van der Waals surface area contributed by atoms with Crippen molar-refractivity contribution in [2.45, 2.75) is 24.3 Å². The van der Waals surface area contributed by atoms with Crippen molar-refractivity contribution in [3.63, 3.8) is 0 Å². The number of halogens is 2. The van der Waals surface area contributed by atoms with E-state index in [1.54, 1.807) is 19.1 Å². The highest BCUT2D eigenvalue weighted by atomic mass is 32.2. The summed E-state index contributed by atoms with van der Waals surface area (Å²) >= 11 is 1.11. The summed E-state index contributed by atoms with van der Waals surface area (Å²) in [6.45, 7) is 1.59. The number of oxime groups is 1. The molecule has 2 aromatic rings. The topological polar surface area (TPSA) is 116 Å². The Morgan fingerprint density at radius 2 is 1.97 bits per heavy atom. The number of carbonyl (C=O) groups excluding carboxylic acids is 1. The summed E-state index contributed by atoms with van der Waals surface area (Å²) in [6, 6.07) is 12.1. The number of hydrogen-bond acceptors (Lipinski definition) is 6. The van der Waals surface area contributed by atoms with E-state index in [1.807, 2.05) is 18.2 Å². The van der Waals surface area contributed by atoms with Crippen LogP contribution in [0.1, 0.15) is 24.5 Å². The second-order valence-electron chi connectivity index (χ2n) is 6.91. The Hall–Kier alpha value is -3.18. The number of nitrogens with two attached hydrogens (primary N) is 2. The second-order valence-corrected chi connectivity index (χ2v) is 8.18. The van der Waals surface area contributed by atoms with E-state index in [0.717, 1.165) is 30.0 Å². The van der Waals surface area contributed by atoms with Crippen molar-refractivity contribution < 1.29 is 23.1 Å². The molecule has 0 radical (unpaired) electrons. The molecule has 0 unspecified atom stereocenters. The Bertz CT molecular complexity index is 1030. The van der Waals surface area contributed by atoms with Gasteiger partial charge in [-0.15, -0.1) is 0 Å². The number of guanidine groups is 1. The third kappa shape index (κ3) is 4.83. The average molecular weight is 464 g/mol. The quantitative estimate of drug-likeness (QED) is 0.269. The number of amides is 1. The number of carbonyl (C=O) groups is 1. The highest BCUT2D eigenvalue weighted by Gasteiger charge is 2.50. The zero-order valence-corrected chi connectivity index (χ0v) is 18.3. The zero-order valence-electron chi connectivity index (χ0n) is 17.5. The summed E-state index contributed by atoms with van der Waals surface area (Å²) in [5.74, 6) is -2.00. The molecule has 0 aromatic heterocycles. The first-order chi connectivity index (χ1) is 15.3. The molecule has 170 valence electrons. The molecule has 0 aliphatic carbocycles. The fourth-order valence-electron chi connectivity index (χ4n) is 3.15. The molecule has 0 saturated carbocycles. The molecule has 2 aromatic carbocycles. The molecule has 32 heavy (non-hydrogen) atoms. The highest BCUT2D eigenvalue weighted by molar-refractivity contribution is 8.15. The van der Waals surface area contributed by atoms with Crippen molar-refractivity contribution in [3.8, 4) is 0 Å². The van der Waals surface area contributed by atoms with Gasteiger partial charge in [0.05, 0.1) is 0 Å². The maximum absolute atomic E-state index is 14.6. The average Bonchev–Trinajstić information content (AvgIpc) is 3.18. The molecule has 2 atom stereocenters. The summed E-state index contributed by atoms with van der Waals surface area (Å²) in [7, 11) is 1.40. The Morgan fingerprint density at radius 3 is 2.62 bits per heavy atom. The van der Waals surface area contributed by atoms with Crippen molar-refractivity contribution in [1.82, 2.24) is 5.01 Å². The summed E-state index contributed by atoms with van der Waals surface area (Å²) < 4.78 is 33.7. The number of ether oxygens (including phenoxy) is 1. The van der Waals surface area contributed by atoms with Gasteiger partial charge in [0.15, 0.2) is 0 Å². The second kappa shape index (κ2) is 9.96. The van der Waals surface area contributed by atoms with Gasteiger partial charge in [0.2, 0.25) is 5.96 Å². The van der Waals surface area contributed by atoms with Crippen molar-refractivity contribution in [3.05, 3.63) is 71.3 Å². The van der Waals surface area contributed by atoms with Gasteiger partial charge in [-0.25, -0.2) is 13.8 Å². The van der Waals surface area contributed by atoms with Gasteiger partial charge in [0.1, 0.15) is 34.3 Å². The van der Waals surface area contributed by atoms with Gasteiger partial charge in [-0.1, -0.05) is 42.1 Å². The molecule has 3 rings (SSSR count). The maximum atomic E-state index is 14.6. The smallest absolute Gasteiger partial charge is 0.273 e. The van der Waals surface area contributed by atoms with E-state index in [9.17, 15) is 13.6 Å². The Balaban J connectivity index is 2.10. The lowest BCUT2D eigenvalue weighted by Gasteiger charge is -2.36. The number of hydrogen-bond donors (Lipinski definition) is 2. The van der Waals surface area contributed by atoms with Crippen LogP contribution in [0.2, 0.25) is 0 Å². The summed E-state index contributed by atoms with van der Waals surface area (Å²) in [5.41, 5.74) is 11.3. The molecule has 8 nitrogen and oxygen atoms in total. The van der Waals surface area contributed by atoms with Crippen molar-refractivity contribution in [2.24, 2.45) is 21.7 Å². The predicted octanol–water partition coefficient (Wildman–Crippen LogP) is 2.68. The first kappa shape index (κ1) is 23.5. The van der Waals surface area contributed by atoms with Crippen LogP contribution in [0.5, 0.6) is 0 Å². The minimum Gasteiger partial charge on any atom is -0.393 e. The van der Waals surface area contributed by atoms with Crippen LogP contribution in [0, 0.1) is 11.6 Å². The first-order valence-corrected chi connectivity index (χ1v) is 10.5. The molecule has 0 bridgehead atoms. The van der Waals surface area contributed by atoms with Crippen LogP contribution in [-0.2, 0) is 19.2 Å². The normalized spacial score (nSPS) is 18.8. The van der Waals surface area contributed by atoms with E-state index in [0.29, 0.717) is 5.56 Å². The van der Waals surface area contributed by atoms with E-state index >= 15 is 0 Å². The molecule has 0 saturated heterocycles. The standard InChI is InChI=1S/C21H23F2N5O3S/c1-13(30-2)19(29)28-21(10-11-31-27-20(24)25,14-6-4-3-5-7-14)32-18(26-28)16-12-15(22)8-9-17(16)23/h3-9,12-13H,10-11H2,1-2H3,(H4,24,25,27)/t13-,21-/m0/s1. The molecule has 0 spiro atoms. The molecular formula is C21H23F2N5O3S. The van der Waals surface area contributed by atoms with Crippen LogP contribution in [0.4, 0.5) is 8.78 Å². The minimum absolute atomic E-state index is 0.0133. The van der Waals surface area contributed by atoms with Crippen LogP contribution in [-0.4, -0.2) is 41.7 Å². The SMILES string of the molecule is CO[C@@H](C)C(=O)N1N=C(c2cc(F)ccc2F)S[C@@]1(CCON=C(N)N)c1ccccc1. The van der Waals surface area contributed by atoms with Gasteiger partial charge in [-0.2, -0.15) is 5.10 Å². The monoisotopic (exact) mass is 463 g/mol. The lowest BCUT2D eigenvalue weighted by molar-refractivity contribution is -0.145. The van der Waals surface area contributed by atoms with E-state index < -0.39 is 28.5 Å². The van der Waals surface area contributed by atoms with Crippen molar-refractivity contribution in [2.75, 3.05) is 13.7 Å². The fourth-order valence-corrected chi connectivity index (χ4v) is 4.52.